The van der Waals surface area contributed by atoms with Crippen LogP contribution in [-0.2, 0) is 0 Å². The Morgan fingerprint density at radius 3 is 0.554 bits per heavy atom. The number of benzene rings is 21. The molecule has 0 aliphatic carbocycles. The molecule has 6 heteroatoms. The maximum absolute atomic E-state index is 2.35. The van der Waals surface area contributed by atoms with Gasteiger partial charge in [-0.2, -0.15) is 0 Å². The number of anilines is 15. The minimum absolute atomic E-state index is 1.12. The monoisotopic (exact) mass is 1550 g/mol. The molecule has 0 aliphatic heterocycles. The standard InChI is InChI=1S/2C39H30N2.C37H28N2/c1-40(37-17-9-16-34(26-37)29-10-3-2-4-11-29)35-22-24-36(25-23-35)41(38-20-18-30-12-5-7-14-32(30)27-38)39-21-19-31-13-6-8-15-33(31)28-39;1-40(35-19-15-32(16-20-35)29-9-3-2-4-10-29)36-23-25-37(26-24-36)41(38-21-17-30-11-5-7-13-33(30)27-38)39-22-18-31-12-6-8-14-34(31)28-39;1-38(35-17-14-27-8-2-5-11-30(27)24-35)33-20-22-34(23-21-33)39(36-18-15-28-9-3-6-12-31(28)25-36)37-19-16-29-10-4-7-13-32(29)26-37/h2*2-28H,1H3;2-26H,1H3. The molecule has 0 atom stereocenters. The third-order valence-electron chi connectivity index (χ3n) is 23.3. The predicted octanol–water partition coefficient (Wildman–Crippen LogP) is 32.2. The summed E-state index contributed by atoms with van der Waals surface area (Å²) in [5, 5.41) is 17.3. The molecule has 0 N–H and O–H groups in total. The van der Waals surface area contributed by atoms with Crippen LogP contribution in [0.1, 0.15) is 0 Å². The fourth-order valence-electron chi connectivity index (χ4n) is 16.6. The van der Waals surface area contributed by atoms with Gasteiger partial charge < -0.3 is 29.4 Å². The van der Waals surface area contributed by atoms with E-state index in [-0.39, 0.29) is 0 Å². The summed E-state index contributed by atoms with van der Waals surface area (Å²) in [6, 6.07) is 172. The molecule has 0 radical (unpaired) electrons. The zero-order valence-corrected chi connectivity index (χ0v) is 67.8. The van der Waals surface area contributed by atoms with E-state index < -0.39 is 0 Å². The van der Waals surface area contributed by atoms with Crippen molar-refractivity contribution in [3.8, 4) is 22.3 Å². The lowest BCUT2D eigenvalue weighted by atomic mass is 10.0. The van der Waals surface area contributed by atoms with Gasteiger partial charge in [-0.1, -0.05) is 297 Å². The second-order valence-electron chi connectivity index (χ2n) is 30.8. The number of rotatable bonds is 17. The van der Waals surface area contributed by atoms with Crippen LogP contribution in [0.15, 0.2) is 479 Å². The summed E-state index contributed by atoms with van der Waals surface area (Å²) in [5.41, 5.74) is 22.0. The zero-order chi connectivity index (χ0) is 81.4. The summed E-state index contributed by atoms with van der Waals surface area (Å²) in [5.74, 6) is 0. The molecule has 578 valence electrons. The van der Waals surface area contributed by atoms with E-state index in [2.05, 4.69) is 530 Å². The normalized spacial score (nSPS) is 11.1. The smallest absolute Gasteiger partial charge is 0.0468 e. The topological polar surface area (TPSA) is 19.4 Å². The molecule has 0 heterocycles. The lowest BCUT2D eigenvalue weighted by Gasteiger charge is -2.27. The summed E-state index contributed by atoms with van der Waals surface area (Å²) >= 11 is 0. The first kappa shape index (κ1) is 75.3. The van der Waals surface area contributed by atoms with Gasteiger partial charge in [0, 0.05) is 106 Å². The first-order valence-electron chi connectivity index (χ1n) is 41.3. The van der Waals surface area contributed by atoms with Crippen molar-refractivity contribution in [1.82, 2.24) is 0 Å². The van der Waals surface area contributed by atoms with Crippen LogP contribution in [0.5, 0.6) is 0 Å². The Morgan fingerprint density at radius 1 is 0.107 bits per heavy atom. The van der Waals surface area contributed by atoms with Gasteiger partial charge in [0.15, 0.2) is 0 Å². The van der Waals surface area contributed by atoms with Gasteiger partial charge in [-0.05, 0) is 280 Å². The van der Waals surface area contributed by atoms with E-state index in [1.54, 1.807) is 0 Å². The molecule has 0 aromatic heterocycles. The molecule has 0 saturated carbocycles. The molecule has 0 saturated heterocycles. The van der Waals surface area contributed by atoms with Crippen LogP contribution >= 0.6 is 0 Å². The second kappa shape index (κ2) is 34.2. The van der Waals surface area contributed by atoms with Crippen molar-refractivity contribution in [1.29, 1.82) is 0 Å². The van der Waals surface area contributed by atoms with Crippen LogP contribution in [-0.4, -0.2) is 21.1 Å². The third kappa shape index (κ3) is 16.3. The molecule has 0 bridgehead atoms. The highest BCUT2D eigenvalue weighted by atomic mass is 15.2. The van der Waals surface area contributed by atoms with Gasteiger partial charge in [0.2, 0.25) is 0 Å². The van der Waals surface area contributed by atoms with Crippen LogP contribution in [0.2, 0.25) is 0 Å². The maximum Gasteiger partial charge on any atom is 0.0468 e. The van der Waals surface area contributed by atoms with Crippen LogP contribution in [0.3, 0.4) is 0 Å². The molecule has 0 aliphatic rings. The molecule has 0 spiro atoms. The average molecular weight is 1550 g/mol. The van der Waals surface area contributed by atoms with Gasteiger partial charge in [0.25, 0.3) is 0 Å². The molecule has 21 aromatic carbocycles. The van der Waals surface area contributed by atoms with Gasteiger partial charge >= 0.3 is 0 Å². The van der Waals surface area contributed by atoms with E-state index in [0.717, 1.165) is 79.6 Å². The quantitative estimate of drug-likeness (QED) is 0.0899. The Balaban J connectivity index is 0.000000120. The van der Waals surface area contributed by atoms with E-state index in [0.29, 0.717) is 0 Å². The van der Waals surface area contributed by atoms with Crippen LogP contribution in [0.25, 0.3) is 97.7 Å². The summed E-state index contributed by atoms with van der Waals surface area (Å²) in [4.78, 5) is 13.8. The number of hydrogen-bond acceptors (Lipinski definition) is 6. The van der Waals surface area contributed by atoms with Crippen molar-refractivity contribution in [2.75, 3.05) is 50.5 Å². The molecular weight excluding hydrogens is 1470 g/mol. The molecule has 0 unspecified atom stereocenters. The second-order valence-corrected chi connectivity index (χ2v) is 30.8. The van der Waals surface area contributed by atoms with Crippen LogP contribution in [0, 0.1) is 0 Å². The van der Waals surface area contributed by atoms with Gasteiger partial charge in [0.1, 0.15) is 0 Å². The van der Waals surface area contributed by atoms with Crippen molar-refractivity contribution in [3.05, 3.63) is 479 Å². The average Bonchev–Trinajstić information content (AvgIpc) is 0.786. The van der Waals surface area contributed by atoms with Gasteiger partial charge in [-0.3, -0.25) is 0 Å². The molecule has 6 nitrogen and oxygen atoms in total. The Morgan fingerprint density at radius 2 is 0.281 bits per heavy atom. The minimum atomic E-state index is 1.12. The van der Waals surface area contributed by atoms with E-state index in [1.807, 2.05) is 0 Å². The Bertz CT molecular complexity index is 6980. The SMILES string of the molecule is CN(c1ccc(-c2ccccc2)cc1)c1ccc(N(c2ccc3ccccc3c2)c2ccc3ccccc3c2)cc1.CN(c1ccc(N(c2ccc3ccccc3c2)c2ccc3ccccc3c2)cc1)c1ccc2ccccc2c1.CN(c1ccc(N(c2ccc3ccccc3c2)c2ccc3ccccc3c2)cc1)c1cccc(-c2ccccc2)c1. The molecule has 0 fully saturated rings. The lowest BCUT2D eigenvalue weighted by molar-refractivity contribution is 1.20. The highest BCUT2D eigenvalue weighted by molar-refractivity contribution is 5.98. The summed E-state index contributed by atoms with van der Waals surface area (Å²) in [6.45, 7) is 0. The lowest BCUT2D eigenvalue weighted by Crippen LogP contribution is -2.12. The van der Waals surface area contributed by atoms with E-state index in [9.17, 15) is 0 Å². The summed E-state index contributed by atoms with van der Waals surface area (Å²) < 4.78 is 0. The number of hydrogen-bond donors (Lipinski definition) is 0. The van der Waals surface area contributed by atoms with Crippen molar-refractivity contribution in [3.63, 3.8) is 0 Å². The van der Waals surface area contributed by atoms with Crippen LogP contribution < -0.4 is 29.4 Å². The first-order valence-corrected chi connectivity index (χ1v) is 41.3. The maximum atomic E-state index is 2.35. The molecule has 121 heavy (non-hydrogen) atoms. The Hall–Kier alpha value is -15.8. The number of fused-ring (bicyclic) bond motifs is 7. The van der Waals surface area contributed by atoms with Crippen LogP contribution in [0.4, 0.5) is 85.3 Å². The van der Waals surface area contributed by atoms with E-state index in [1.165, 1.54) is 103 Å². The predicted molar refractivity (Wildman–Crippen MR) is 520 cm³/mol. The fraction of sp³-hybridized carbons (Fsp3) is 0.0261. The Kier molecular flexibility index (Phi) is 21.3. The van der Waals surface area contributed by atoms with E-state index in [4.69, 9.17) is 0 Å². The molecule has 21 rings (SSSR count). The molecule has 21 aromatic rings. The largest absolute Gasteiger partial charge is 0.345 e. The number of nitrogens with zero attached hydrogens (tertiary/aromatic N) is 6. The van der Waals surface area contributed by atoms with Crippen molar-refractivity contribution in [2.24, 2.45) is 0 Å². The molecular formula is C115H88N6. The van der Waals surface area contributed by atoms with Gasteiger partial charge in [-0.15, -0.1) is 0 Å². The zero-order valence-electron chi connectivity index (χ0n) is 67.8. The molecule has 0 amide bonds. The first-order chi connectivity index (χ1) is 59.7. The minimum Gasteiger partial charge on any atom is -0.345 e. The van der Waals surface area contributed by atoms with E-state index >= 15 is 0 Å². The summed E-state index contributed by atoms with van der Waals surface area (Å²) in [7, 11) is 6.38. The van der Waals surface area contributed by atoms with Crippen molar-refractivity contribution in [2.45, 2.75) is 0 Å². The van der Waals surface area contributed by atoms with Crippen molar-refractivity contribution >= 4 is 161 Å². The Labute approximate surface area is 708 Å². The van der Waals surface area contributed by atoms with Gasteiger partial charge in [0.05, 0.1) is 0 Å². The highest BCUT2D eigenvalue weighted by Gasteiger charge is 2.20. The fourth-order valence-corrected chi connectivity index (χ4v) is 16.6. The van der Waals surface area contributed by atoms with Crippen molar-refractivity contribution < 1.29 is 0 Å². The third-order valence-corrected chi connectivity index (χ3v) is 23.3. The summed E-state index contributed by atoms with van der Waals surface area (Å²) in [6.07, 6.45) is 0. The highest BCUT2D eigenvalue weighted by Crippen LogP contribution is 2.44. The van der Waals surface area contributed by atoms with Gasteiger partial charge in [-0.25, -0.2) is 0 Å².